The molecule has 3 aromatic rings. The van der Waals surface area contributed by atoms with E-state index in [1.807, 2.05) is 30.7 Å². The minimum Gasteiger partial charge on any atom is -0.377 e. The third-order valence-electron chi connectivity index (χ3n) is 4.95. The molecule has 0 saturated carbocycles. The average Bonchev–Trinajstić information content (AvgIpc) is 3.02. The summed E-state index contributed by atoms with van der Waals surface area (Å²) in [7, 11) is 0. The topological polar surface area (TPSA) is 98.0 Å². The number of rotatable bonds is 6. The number of hydrogen-bond acceptors (Lipinski definition) is 7. The van der Waals surface area contributed by atoms with Gasteiger partial charge in [-0.3, -0.25) is 14.6 Å². The lowest BCUT2D eigenvalue weighted by atomic mass is 10.00. The molecule has 0 bridgehead atoms. The first-order valence-corrected chi connectivity index (χ1v) is 9.60. The van der Waals surface area contributed by atoms with Crippen LogP contribution in [-0.2, 0) is 11.3 Å². The number of aromatic nitrogens is 5. The van der Waals surface area contributed by atoms with Crippen molar-refractivity contribution in [2.24, 2.45) is 0 Å². The standard InChI is InChI=1S/C21H24N6O2/c1-14-21(16-5-9-29-10-6-16)15(2)27(26-14)13-20(28)25-19-4-3-17(11-24-19)18-12-22-7-8-23-18/h3-5,7-8,11-12,20,28H,6,9-10,13H2,1-2H3,(H,24,25)/t20-/m0/s1. The number of ether oxygens (including phenoxy) is 1. The number of aryl methyl sites for hydroxylation is 1. The molecule has 8 nitrogen and oxygen atoms in total. The van der Waals surface area contributed by atoms with E-state index >= 15 is 0 Å². The van der Waals surface area contributed by atoms with Gasteiger partial charge in [-0.15, -0.1) is 0 Å². The van der Waals surface area contributed by atoms with Gasteiger partial charge >= 0.3 is 0 Å². The molecule has 0 amide bonds. The van der Waals surface area contributed by atoms with Crippen LogP contribution < -0.4 is 5.32 Å². The fourth-order valence-electron chi connectivity index (χ4n) is 3.55. The van der Waals surface area contributed by atoms with Crippen molar-refractivity contribution >= 4 is 11.4 Å². The summed E-state index contributed by atoms with van der Waals surface area (Å²) in [5, 5.41) is 18.1. The van der Waals surface area contributed by atoms with Crippen LogP contribution in [0.4, 0.5) is 5.82 Å². The number of nitrogens with zero attached hydrogens (tertiary/aromatic N) is 5. The average molecular weight is 392 g/mol. The van der Waals surface area contributed by atoms with E-state index in [1.165, 1.54) is 5.57 Å². The zero-order valence-corrected chi connectivity index (χ0v) is 16.5. The summed E-state index contributed by atoms with van der Waals surface area (Å²) in [5.41, 5.74) is 6.06. The molecule has 0 fully saturated rings. The predicted molar refractivity (Wildman–Crippen MR) is 110 cm³/mol. The van der Waals surface area contributed by atoms with Crippen LogP contribution in [0.2, 0.25) is 0 Å². The third-order valence-corrected chi connectivity index (χ3v) is 4.95. The fraction of sp³-hybridized carbons (Fsp3) is 0.333. The van der Waals surface area contributed by atoms with Crippen molar-refractivity contribution in [3.05, 3.63) is 59.9 Å². The molecule has 0 spiro atoms. The predicted octanol–water partition coefficient (Wildman–Crippen LogP) is 2.59. The van der Waals surface area contributed by atoms with Crippen molar-refractivity contribution in [1.82, 2.24) is 24.7 Å². The van der Waals surface area contributed by atoms with Gasteiger partial charge in [0.1, 0.15) is 12.0 Å². The molecule has 150 valence electrons. The molecule has 8 heteroatoms. The maximum Gasteiger partial charge on any atom is 0.145 e. The van der Waals surface area contributed by atoms with Gasteiger partial charge in [0.25, 0.3) is 0 Å². The summed E-state index contributed by atoms with van der Waals surface area (Å²) >= 11 is 0. The highest BCUT2D eigenvalue weighted by atomic mass is 16.5. The normalized spacial score (nSPS) is 15.1. The van der Waals surface area contributed by atoms with Crippen molar-refractivity contribution in [1.29, 1.82) is 0 Å². The lowest BCUT2D eigenvalue weighted by Crippen LogP contribution is -2.26. The molecule has 0 unspecified atom stereocenters. The highest BCUT2D eigenvalue weighted by molar-refractivity contribution is 5.69. The maximum atomic E-state index is 10.5. The Hall–Kier alpha value is -3.10. The largest absolute Gasteiger partial charge is 0.377 e. The zero-order valence-electron chi connectivity index (χ0n) is 16.5. The van der Waals surface area contributed by atoms with Crippen molar-refractivity contribution in [3.63, 3.8) is 0 Å². The Morgan fingerprint density at radius 3 is 2.79 bits per heavy atom. The Morgan fingerprint density at radius 1 is 1.21 bits per heavy atom. The van der Waals surface area contributed by atoms with Crippen molar-refractivity contribution in [2.45, 2.75) is 33.0 Å². The smallest absolute Gasteiger partial charge is 0.145 e. The Balaban J connectivity index is 1.43. The molecule has 1 aliphatic heterocycles. The molecule has 0 radical (unpaired) electrons. The maximum absolute atomic E-state index is 10.5. The number of aliphatic hydroxyl groups is 1. The number of anilines is 1. The second-order valence-corrected chi connectivity index (χ2v) is 6.97. The highest BCUT2D eigenvalue weighted by Gasteiger charge is 2.18. The van der Waals surface area contributed by atoms with Crippen LogP contribution in [0.1, 0.15) is 23.4 Å². The molecule has 1 atom stereocenters. The molecular weight excluding hydrogens is 368 g/mol. The quantitative estimate of drug-likeness (QED) is 0.622. The minimum atomic E-state index is -0.820. The number of pyridine rings is 1. The van der Waals surface area contributed by atoms with Gasteiger partial charge in [0.15, 0.2) is 0 Å². The minimum absolute atomic E-state index is 0.323. The van der Waals surface area contributed by atoms with Crippen molar-refractivity contribution in [3.8, 4) is 11.3 Å². The second kappa shape index (κ2) is 8.50. The lowest BCUT2D eigenvalue weighted by Gasteiger charge is -2.16. The van der Waals surface area contributed by atoms with Crippen molar-refractivity contribution < 1.29 is 9.84 Å². The Labute approximate surface area is 169 Å². The van der Waals surface area contributed by atoms with Gasteiger partial charge in [-0.2, -0.15) is 5.10 Å². The van der Waals surface area contributed by atoms with Crippen LogP contribution >= 0.6 is 0 Å². The summed E-state index contributed by atoms with van der Waals surface area (Å²) in [6.07, 6.45) is 8.85. The fourth-order valence-corrected chi connectivity index (χ4v) is 3.55. The van der Waals surface area contributed by atoms with E-state index in [0.717, 1.165) is 41.2 Å². The summed E-state index contributed by atoms with van der Waals surface area (Å²) in [4.78, 5) is 12.7. The number of aliphatic hydroxyl groups excluding tert-OH is 1. The molecule has 0 aromatic carbocycles. The van der Waals surface area contributed by atoms with E-state index in [4.69, 9.17) is 4.74 Å². The third kappa shape index (κ3) is 4.33. The molecule has 2 N–H and O–H groups in total. The van der Waals surface area contributed by atoms with Gasteiger partial charge in [0.05, 0.1) is 37.3 Å². The molecule has 4 heterocycles. The van der Waals surface area contributed by atoms with Gasteiger partial charge < -0.3 is 15.2 Å². The van der Waals surface area contributed by atoms with E-state index in [-0.39, 0.29) is 0 Å². The summed E-state index contributed by atoms with van der Waals surface area (Å²) in [6, 6.07) is 3.71. The van der Waals surface area contributed by atoms with Crippen LogP contribution in [0, 0.1) is 13.8 Å². The van der Waals surface area contributed by atoms with E-state index < -0.39 is 6.23 Å². The summed E-state index contributed by atoms with van der Waals surface area (Å²) < 4.78 is 7.25. The van der Waals surface area contributed by atoms with Crippen LogP contribution in [0.25, 0.3) is 16.8 Å². The Kier molecular flexibility index (Phi) is 5.64. The molecule has 3 aromatic heterocycles. The number of nitrogens with one attached hydrogen (secondary N) is 1. The molecule has 0 saturated heterocycles. The van der Waals surface area contributed by atoms with Gasteiger partial charge in [-0.1, -0.05) is 6.08 Å². The van der Waals surface area contributed by atoms with Crippen molar-refractivity contribution in [2.75, 3.05) is 18.5 Å². The molecule has 29 heavy (non-hydrogen) atoms. The SMILES string of the molecule is Cc1nn(C[C@H](O)Nc2ccc(-c3cnccn3)cn2)c(C)c1C1=CCOCC1. The first-order valence-electron chi connectivity index (χ1n) is 9.60. The Bertz CT molecular complexity index is 998. The van der Waals surface area contributed by atoms with Gasteiger partial charge in [-0.25, -0.2) is 4.98 Å². The summed E-state index contributed by atoms with van der Waals surface area (Å²) in [5.74, 6) is 0.582. The first kappa shape index (κ1) is 19.2. The van der Waals surface area contributed by atoms with E-state index in [9.17, 15) is 5.11 Å². The monoisotopic (exact) mass is 392 g/mol. The molecular formula is C21H24N6O2. The highest BCUT2D eigenvalue weighted by Crippen LogP contribution is 2.27. The van der Waals surface area contributed by atoms with Crippen LogP contribution in [-0.4, -0.2) is 49.3 Å². The van der Waals surface area contributed by atoms with Gasteiger partial charge in [0.2, 0.25) is 0 Å². The zero-order chi connectivity index (χ0) is 20.2. The van der Waals surface area contributed by atoms with E-state index in [1.54, 1.807) is 24.8 Å². The second-order valence-electron chi connectivity index (χ2n) is 6.97. The van der Waals surface area contributed by atoms with Gasteiger partial charge in [-0.05, 0) is 38.0 Å². The Morgan fingerprint density at radius 2 is 2.10 bits per heavy atom. The van der Waals surface area contributed by atoms with Crippen LogP contribution in [0.15, 0.2) is 43.0 Å². The van der Waals surface area contributed by atoms with E-state index in [2.05, 4.69) is 31.4 Å². The summed E-state index contributed by atoms with van der Waals surface area (Å²) in [6.45, 7) is 5.73. The molecule has 4 rings (SSSR count). The van der Waals surface area contributed by atoms with E-state index in [0.29, 0.717) is 19.0 Å². The number of hydrogen-bond donors (Lipinski definition) is 2. The van der Waals surface area contributed by atoms with Crippen LogP contribution in [0.5, 0.6) is 0 Å². The molecule has 0 aliphatic carbocycles. The van der Waals surface area contributed by atoms with Crippen LogP contribution in [0.3, 0.4) is 0 Å². The first-order chi connectivity index (χ1) is 14.1. The van der Waals surface area contributed by atoms with Gasteiger partial charge in [0, 0.05) is 35.4 Å². The molecule has 1 aliphatic rings. The lowest BCUT2D eigenvalue weighted by molar-refractivity contribution is 0.161.